The molecule has 4 atom stereocenters. The van der Waals surface area contributed by atoms with Crippen LogP contribution in [-0.4, -0.2) is 151 Å². The Morgan fingerprint density at radius 1 is 0.386 bits per heavy atom. The predicted molar refractivity (Wildman–Crippen MR) is 312 cm³/mol. The Kier molecular flexibility index (Phi) is 39.3. The van der Waals surface area contributed by atoms with Crippen LogP contribution < -0.4 is 32.3 Å². The molecule has 0 unspecified atom stereocenters. The number of nitrogens with two attached hydrogens (primary N) is 1. The molecule has 0 aliphatic carbocycles. The fourth-order valence-corrected chi connectivity index (χ4v) is 6.77. The van der Waals surface area contributed by atoms with Gasteiger partial charge in [0.1, 0.15) is 45.7 Å². The van der Waals surface area contributed by atoms with Crippen molar-refractivity contribution in [2.24, 2.45) is 17.6 Å². The molecule has 0 rings (SSSR count). The van der Waals surface area contributed by atoms with E-state index in [0.717, 1.165) is 12.8 Å². The van der Waals surface area contributed by atoms with Crippen LogP contribution in [0.1, 0.15) is 215 Å². The normalized spacial score (nSPS) is 13.1. The summed E-state index contributed by atoms with van der Waals surface area (Å²) >= 11 is 0. The van der Waals surface area contributed by atoms with Crippen LogP contribution in [0.3, 0.4) is 0 Å². The average molecular weight is 1190 g/mol. The molecule has 0 heterocycles. The van der Waals surface area contributed by atoms with Crippen LogP contribution >= 0.6 is 0 Å². The first-order chi connectivity index (χ1) is 37.8. The molecule has 0 fully saturated rings. The number of alkyl carbamates (subject to hydrolysis) is 4. The van der Waals surface area contributed by atoms with Gasteiger partial charge in [-0.2, -0.15) is 0 Å². The maximum Gasteiger partial charge on any atom is 0.407 e. The third-order valence-corrected chi connectivity index (χ3v) is 10.2. The molecule has 0 spiro atoms. The Hall–Kier alpha value is -6.14. The van der Waals surface area contributed by atoms with Gasteiger partial charge in [-0.3, -0.25) is 24.0 Å². The molecule has 0 radical (unpaired) electrons. The van der Waals surface area contributed by atoms with E-state index in [9.17, 15) is 53.1 Å². The van der Waals surface area contributed by atoms with Gasteiger partial charge in [0.25, 0.3) is 0 Å². The molecule has 25 heteroatoms. The summed E-state index contributed by atoms with van der Waals surface area (Å²) in [5.74, 6) is -5.03. The summed E-state index contributed by atoms with van der Waals surface area (Å²) in [7, 11) is 2.55. The van der Waals surface area contributed by atoms with Crippen molar-refractivity contribution < 1.29 is 90.9 Å². The maximum atomic E-state index is 13.2. The first kappa shape index (κ1) is 81.1. The summed E-state index contributed by atoms with van der Waals surface area (Å²) in [5.41, 5.74) is 1.98. The van der Waals surface area contributed by atoms with E-state index >= 15 is 0 Å². The highest BCUT2D eigenvalue weighted by Crippen LogP contribution is 2.20. The zero-order valence-corrected chi connectivity index (χ0v) is 53.9. The third-order valence-electron chi connectivity index (χ3n) is 10.2. The van der Waals surface area contributed by atoms with Gasteiger partial charge in [0.2, 0.25) is 5.91 Å². The Bertz CT molecular complexity index is 1980. The number of rotatable bonds is 29. The van der Waals surface area contributed by atoms with Gasteiger partial charge in [0, 0.05) is 32.1 Å². The van der Waals surface area contributed by atoms with E-state index in [0.29, 0.717) is 84.0 Å². The molecule has 0 aromatic carbocycles. The number of carbonyl (C=O) groups excluding carboxylic acids is 9. The number of hydrogen-bond acceptors (Lipinski definition) is 19. The molecule has 8 N–H and O–H groups in total. The molecule has 0 aliphatic heterocycles. The monoisotopic (exact) mass is 1190 g/mol. The lowest BCUT2D eigenvalue weighted by Gasteiger charge is -2.24. The number of carboxylic acids is 1. The van der Waals surface area contributed by atoms with Crippen molar-refractivity contribution in [3.05, 3.63) is 0 Å². The minimum atomic E-state index is -1.01. The van der Waals surface area contributed by atoms with Crippen LogP contribution in [0, 0.1) is 11.8 Å². The van der Waals surface area contributed by atoms with Crippen LogP contribution in [0.15, 0.2) is 0 Å². The van der Waals surface area contributed by atoms with Gasteiger partial charge in [-0.25, -0.2) is 24.0 Å². The molecule has 0 aliphatic rings. The smallest absolute Gasteiger partial charge is 0.407 e. The summed E-state index contributed by atoms with van der Waals surface area (Å²) in [6.07, 6.45) is 4.08. The second kappa shape index (κ2) is 40.2. The lowest BCUT2D eigenvalue weighted by atomic mass is 9.96. The van der Waals surface area contributed by atoms with Gasteiger partial charge in [0.15, 0.2) is 0 Å². The minimum Gasteiger partial charge on any atom is -0.481 e. The number of esters is 4. The molecule has 0 saturated heterocycles. The van der Waals surface area contributed by atoms with Gasteiger partial charge in [-0.05, 0) is 189 Å². The summed E-state index contributed by atoms with van der Waals surface area (Å²) < 4.78 is 40.5. The number of carbonyl (C=O) groups is 10. The molecule has 5 amide bonds. The SMILES string of the molecule is CC(C)(C)OC(=O)C[C@@H](CCCCNC(=O)OC(C)(C)C)C(=O)O.COC(=O)[C@@H](N)CCCCNC(=O)OC(C)(C)C.COC(=O)[C@H](CCCCNC(=O)OC(C)(C)C)NC(=O)[C@H](CCCCNC(=O)OC(C)(C)C)CC(=O)OC(C)(C)C. The molecule has 83 heavy (non-hydrogen) atoms. The van der Waals surface area contributed by atoms with E-state index in [1.807, 2.05) is 20.8 Å². The fourth-order valence-electron chi connectivity index (χ4n) is 6.77. The van der Waals surface area contributed by atoms with Crippen LogP contribution in [-0.2, 0) is 66.7 Å². The maximum absolute atomic E-state index is 13.2. The number of nitrogens with one attached hydrogen (secondary N) is 5. The third kappa shape index (κ3) is 53.6. The number of unbranched alkanes of at least 4 members (excludes halogenated alkanes) is 4. The largest absolute Gasteiger partial charge is 0.481 e. The summed E-state index contributed by atoms with van der Waals surface area (Å²) in [5, 5.41) is 22.5. The van der Waals surface area contributed by atoms with E-state index in [4.69, 9.17) is 38.9 Å². The molecule has 0 aromatic rings. The van der Waals surface area contributed by atoms with Crippen LogP contribution in [0.25, 0.3) is 0 Å². The predicted octanol–water partition coefficient (Wildman–Crippen LogP) is 8.68. The quantitative estimate of drug-likeness (QED) is 0.0209. The van der Waals surface area contributed by atoms with E-state index in [2.05, 4.69) is 31.3 Å². The Morgan fingerprint density at radius 2 is 0.663 bits per heavy atom. The highest BCUT2D eigenvalue weighted by molar-refractivity contribution is 5.88. The Balaban J connectivity index is -0.00000128. The molecule has 0 aromatic heterocycles. The zero-order chi connectivity index (χ0) is 65.0. The number of hydrogen-bond donors (Lipinski definition) is 7. The average Bonchev–Trinajstić information content (AvgIpc) is 3.29. The summed E-state index contributed by atoms with van der Waals surface area (Å²) in [6.45, 7) is 33.4. The molecule has 484 valence electrons. The number of ether oxygens (including phenoxy) is 8. The lowest BCUT2D eigenvalue weighted by molar-refractivity contribution is -0.160. The van der Waals surface area contributed by atoms with Gasteiger partial charge < -0.3 is 75.3 Å². The first-order valence-electron chi connectivity index (χ1n) is 28.5. The van der Waals surface area contributed by atoms with Gasteiger partial charge in [0.05, 0.1) is 33.0 Å². The minimum absolute atomic E-state index is 0.147. The van der Waals surface area contributed by atoms with E-state index < -0.39 is 118 Å². The number of carboxylic acid groups (broad SMARTS) is 1. The second-order valence-corrected chi connectivity index (χ2v) is 25.7. The lowest BCUT2D eigenvalue weighted by Crippen LogP contribution is -2.45. The van der Waals surface area contributed by atoms with Crippen molar-refractivity contribution in [3.63, 3.8) is 0 Å². The topological polar surface area (TPSA) is 351 Å². The van der Waals surface area contributed by atoms with Gasteiger partial charge in [-0.1, -0.05) is 12.8 Å². The number of aliphatic carboxylic acids is 1. The van der Waals surface area contributed by atoms with Crippen molar-refractivity contribution in [2.45, 2.75) is 260 Å². The van der Waals surface area contributed by atoms with E-state index in [1.54, 1.807) is 104 Å². The van der Waals surface area contributed by atoms with Crippen molar-refractivity contribution in [3.8, 4) is 0 Å². The molecule has 25 nitrogen and oxygen atoms in total. The van der Waals surface area contributed by atoms with E-state index in [1.165, 1.54) is 14.2 Å². The molecular weight excluding hydrogens is 1080 g/mol. The highest BCUT2D eigenvalue weighted by Gasteiger charge is 2.30. The van der Waals surface area contributed by atoms with Crippen molar-refractivity contribution in [1.82, 2.24) is 26.6 Å². The number of methoxy groups -OCH3 is 2. The fraction of sp³-hybridized carbons (Fsp3) is 0.828. The van der Waals surface area contributed by atoms with Crippen molar-refractivity contribution >= 4 is 60.1 Å². The molecule has 0 bridgehead atoms. The first-order valence-corrected chi connectivity index (χ1v) is 28.5. The van der Waals surface area contributed by atoms with Crippen LogP contribution in [0.5, 0.6) is 0 Å². The summed E-state index contributed by atoms with van der Waals surface area (Å²) in [4.78, 5) is 118. The number of amides is 5. The van der Waals surface area contributed by atoms with Crippen molar-refractivity contribution in [2.75, 3.05) is 40.4 Å². The summed E-state index contributed by atoms with van der Waals surface area (Å²) in [6, 6.07) is -1.50. The van der Waals surface area contributed by atoms with Crippen LogP contribution in [0.2, 0.25) is 0 Å². The second-order valence-electron chi connectivity index (χ2n) is 25.7. The highest BCUT2D eigenvalue weighted by atomic mass is 16.6. The van der Waals surface area contributed by atoms with Gasteiger partial charge >= 0.3 is 54.2 Å². The molecular formula is C58H108N6O19. The standard InChI is InChI=1S/C29H53N3O9.C17H31NO6.C12H24N2O4/c1-27(2,3)39-22(33)19-20(15-11-13-17-30-25(36)40-28(4,5)6)23(34)32-21(24(35)38-10)16-12-14-18-31-26(37)41-29(7,8)9;1-16(2,3)23-13(19)11-12(14(20)21)9-7-8-10-18-15(22)24-17(4,5)6;1-12(2,3)18-11(16)14-8-6-5-7-9(13)10(15)17-4/h20-21H,11-19H2,1-10H3,(H,30,36)(H,31,37)(H,32,34);12H,7-11H2,1-6H3,(H,18,22)(H,20,21);9H,5-8,13H2,1-4H3,(H,14,16)/t20-,21+;12-;9-/m110/s1. The van der Waals surface area contributed by atoms with E-state index in [-0.39, 0.29) is 19.3 Å². The molecule has 0 saturated carbocycles. The Morgan fingerprint density at radius 3 is 0.952 bits per heavy atom. The zero-order valence-electron chi connectivity index (χ0n) is 53.9. The van der Waals surface area contributed by atoms with Crippen LogP contribution in [0.4, 0.5) is 19.2 Å². The Labute approximate surface area is 494 Å². The van der Waals surface area contributed by atoms with Crippen molar-refractivity contribution in [1.29, 1.82) is 0 Å². The van der Waals surface area contributed by atoms with Gasteiger partial charge in [-0.15, -0.1) is 0 Å².